The number of halogens is 2. The number of hydrogen-bond donors (Lipinski definition) is 2. The molecule has 8 heteroatoms. The molecule has 2 N–H and O–H groups in total. The minimum atomic E-state index is 0. The number of nitrogens with zero attached hydrogens (tertiary/aromatic N) is 3. The van der Waals surface area contributed by atoms with Gasteiger partial charge >= 0.3 is 0 Å². The Morgan fingerprint density at radius 2 is 2.12 bits per heavy atom. The van der Waals surface area contributed by atoms with E-state index in [1.165, 1.54) is 0 Å². The number of aromatic nitrogens is 3. The molecule has 1 atom stereocenters. The van der Waals surface area contributed by atoms with E-state index in [-0.39, 0.29) is 36.6 Å². The number of carbonyl (C=O) groups excluding carboxylic acids is 1. The van der Waals surface area contributed by atoms with E-state index in [1.807, 2.05) is 36.7 Å². The largest absolute Gasteiger partial charge is 0.352 e. The zero-order valence-corrected chi connectivity index (χ0v) is 15.4. The van der Waals surface area contributed by atoms with Crippen LogP contribution in [0.3, 0.4) is 0 Å². The van der Waals surface area contributed by atoms with Crippen LogP contribution in [0.25, 0.3) is 5.82 Å². The molecule has 0 aromatic carbocycles. The SMILES string of the molecule is Cc1nccn1-c1ccc(CNC(=O)C(C)C2CNC2)cn1.Cl.Cl. The Morgan fingerprint density at radius 3 is 2.62 bits per heavy atom. The van der Waals surface area contributed by atoms with Crippen molar-refractivity contribution in [1.82, 2.24) is 25.2 Å². The Hall–Kier alpha value is -1.63. The topological polar surface area (TPSA) is 71.8 Å². The van der Waals surface area contributed by atoms with Gasteiger partial charge in [0, 0.05) is 31.1 Å². The summed E-state index contributed by atoms with van der Waals surface area (Å²) in [4.78, 5) is 20.7. The molecule has 1 amide bonds. The molecule has 1 saturated heterocycles. The zero-order valence-electron chi connectivity index (χ0n) is 13.7. The van der Waals surface area contributed by atoms with Crippen LogP contribution in [-0.4, -0.2) is 33.5 Å². The summed E-state index contributed by atoms with van der Waals surface area (Å²) in [5.74, 6) is 2.36. The summed E-state index contributed by atoms with van der Waals surface area (Å²) in [6.45, 7) is 6.32. The predicted molar refractivity (Wildman–Crippen MR) is 98.0 cm³/mol. The lowest BCUT2D eigenvalue weighted by atomic mass is 9.88. The molecular weight excluding hydrogens is 349 g/mol. The van der Waals surface area contributed by atoms with Crippen molar-refractivity contribution in [1.29, 1.82) is 0 Å². The minimum absolute atomic E-state index is 0. The maximum atomic E-state index is 12.1. The molecule has 132 valence electrons. The molecule has 0 spiro atoms. The van der Waals surface area contributed by atoms with E-state index in [9.17, 15) is 4.79 Å². The number of aryl methyl sites for hydroxylation is 1. The normalized spacial score (nSPS) is 14.8. The summed E-state index contributed by atoms with van der Waals surface area (Å²) < 4.78 is 1.92. The van der Waals surface area contributed by atoms with Gasteiger partial charge in [-0.15, -0.1) is 24.8 Å². The highest BCUT2D eigenvalue weighted by molar-refractivity contribution is 5.85. The lowest BCUT2D eigenvalue weighted by Gasteiger charge is -2.31. The van der Waals surface area contributed by atoms with Gasteiger partial charge in [-0.25, -0.2) is 9.97 Å². The predicted octanol–water partition coefficient (Wildman–Crippen LogP) is 1.89. The van der Waals surface area contributed by atoms with Crippen molar-refractivity contribution in [3.8, 4) is 5.82 Å². The standard InChI is InChI=1S/C16H21N5O.2ClH/c1-11(14-9-17-10-14)16(22)20-8-13-3-4-15(19-7-13)21-6-5-18-12(21)2;;/h3-7,11,14,17H,8-10H2,1-2H3,(H,20,22);2*1H. The zero-order chi connectivity index (χ0) is 15.5. The quantitative estimate of drug-likeness (QED) is 0.841. The monoisotopic (exact) mass is 371 g/mol. The van der Waals surface area contributed by atoms with E-state index in [2.05, 4.69) is 20.6 Å². The third-order valence-electron chi connectivity index (χ3n) is 4.28. The molecule has 1 aliphatic rings. The third-order valence-corrected chi connectivity index (χ3v) is 4.28. The highest BCUT2D eigenvalue weighted by Crippen LogP contribution is 2.16. The van der Waals surface area contributed by atoms with Gasteiger partial charge in [0.2, 0.25) is 5.91 Å². The van der Waals surface area contributed by atoms with Crippen LogP contribution in [0.2, 0.25) is 0 Å². The number of pyridine rings is 1. The number of hydrogen-bond acceptors (Lipinski definition) is 4. The molecule has 0 saturated carbocycles. The molecule has 1 fully saturated rings. The van der Waals surface area contributed by atoms with Crippen molar-refractivity contribution in [3.63, 3.8) is 0 Å². The second-order valence-electron chi connectivity index (χ2n) is 5.79. The molecule has 6 nitrogen and oxygen atoms in total. The Labute approximate surface area is 154 Å². The first-order valence-corrected chi connectivity index (χ1v) is 7.59. The van der Waals surface area contributed by atoms with Crippen LogP contribution in [0.1, 0.15) is 18.3 Å². The van der Waals surface area contributed by atoms with Crippen LogP contribution in [0.4, 0.5) is 0 Å². The van der Waals surface area contributed by atoms with Gasteiger partial charge in [0.05, 0.1) is 0 Å². The molecule has 1 unspecified atom stereocenters. The molecule has 0 radical (unpaired) electrons. The Kier molecular flexibility index (Phi) is 7.66. The van der Waals surface area contributed by atoms with Crippen LogP contribution in [-0.2, 0) is 11.3 Å². The molecule has 3 heterocycles. The van der Waals surface area contributed by atoms with Crippen LogP contribution < -0.4 is 10.6 Å². The number of nitrogens with one attached hydrogen (secondary N) is 2. The summed E-state index contributed by atoms with van der Waals surface area (Å²) in [6.07, 6.45) is 5.43. The molecular formula is C16H23Cl2N5O. The lowest BCUT2D eigenvalue weighted by Crippen LogP contribution is -2.49. The molecule has 2 aromatic rings. The second-order valence-corrected chi connectivity index (χ2v) is 5.79. The fraction of sp³-hybridized carbons (Fsp3) is 0.438. The van der Waals surface area contributed by atoms with E-state index in [1.54, 1.807) is 12.4 Å². The average Bonchev–Trinajstić information content (AvgIpc) is 2.89. The van der Waals surface area contributed by atoms with Gasteiger partial charge in [-0.1, -0.05) is 13.0 Å². The number of amides is 1. The van der Waals surface area contributed by atoms with E-state index < -0.39 is 0 Å². The number of imidazole rings is 1. The summed E-state index contributed by atoms with van der Waals surface area (Å²) in [5.41, 5.74) is 0.994. The lowest BCUT2D eigenvalue weighted by molar-refractivity contribution is -0.126. The molecule has 3 rings (SSSR count). The second kappa shape index (κ2) is 9.01. The Morgan fingerprint density at radius 1 is 1.38 bits per heavy atom. The minimum Gasteiger partial charge on any atom is -0.352 e. The maximum Gasteiger partial charge on any atom is 0.223 e. The first-order chi connectivity index (χ1) is 10.6. The molecule has 2 aromatic heterocycles. The van der Waals surface area contributed by atoms with E-state index in [0.29, 0.717) is 12.5 Å². The van der Waals surface area contributed by atoms with E-state index >= 15 is 0 Å². The van der Waals surface area contributed by atoms with Gasteiger partial charge in [0.25, 0.3) is 0 Å². The van der Waals surface area contributed by atoms with Gasteiger partial charge < -0.3 is 10.6 Å². The molecule has 24 heavy (non-hydrogen) atoms. The molecule has 0 aliphatic carbocycles. The summed E-state index contributed by atoms with van der Waals surface area (Å²) in [5, 5.41) is 6.19. The smallest absolute Gasteiger partial charge is 0.223 e. The summed E-state index contributed by atoms with van der Waals surface area (Å²) >= 11 is 0. The maximum absolute atomic E-state index is 12.1. The fourth-order valence-electron chi connectivity index (χ4n) is 2.51. The van der Waals surface area contributed by atoms with Crippen molar-refractivity contribution >= 4 is 30.7 Å². The molecule has 0 bridgehead atoms. The first kappa shape index (κ1) is 20.4. The number of rotatable bonds is 5. The van der Waals surface area contributed by atoms with Crippen molar-refractivity contribution in [2.45, 2.75) is 20.4 Å². The average molecular weight is 372 g/mol. The van der Waals surface area contributed by atoms with Crippen LogP contribution in [0.15, 0.2) is 30.7 Å². The van der Waals surface area contributed by atoms with Crippen molar-refractivity contribution in [2.75, 3.05) is 13.1 Å². The van der Waals surface area contributed by atoms with Gasteiger partial charge in [0.15, 0.2) is 0 Å². The fourth-order valence-corrected chi connectivity index (χ4v) is 2.51. The third kappa shape index (κ3) is 4.47. The molecule has 1 aliphatic heterocycles. The van der Waals surface area contributed by atoms with Crippen molar-refractivity contribution in [3.05, 3.63) is 42.1 Å². The van der Waals surface area contributed by atoms with E-state index in [0.717, 1.165) is 30.3 Å². The van der Waals surface area contributed by atoms with Gasteiger partial charge in [0.1, 0.15) is 11.6 Å². The van der Waals surface area contributed by atoms with Gasteiger partial charge in [-0.05, 0) is 37.6 Å². The van der Waals surface area contributed by atoms with Crippen LogP contribution in [0, 0.1) is 18.8 Å². The highest BCUT2D eigenvalue weighted by atomic mass is 35.5. The Bertz CT molecular complexity index is 655. The van der Waals surface area contributed by atoms with Gasteiger partial charge in [-0.2, -0.15) is 0 Å². The van der Waals surface area contributed by atoms with Crippen molar-refractivity contribution < 1.29 is 4.79 Å². The van der Waals surface area contributed by atoms with Crippen LogP contribution >= 0.6 is 24.8 Å². The number of carbonyl (C=O) groups is 1. The van der Waals surface area contributed by atoms with Crippen LogP contribution in [0.5, 0.6) is 0 Å². The summed E-state index contributed by atoms with van der Waals surface area (Å²) in [6, 6.07) is 3.92. The highest BCUT2D eigenvalue weighted by Gasteiger charge is 2.28. The summed E-state index contributed by atoms with van der Waals surface area (Å²) in [7, 11) is 0. The van der Waals surface area contributed by atoms with Gasteiger partial charge in [-0.3, -0.25) is 9.36 Å². The first-order valence-electron chi connectivity index (χ1n) is 7.59. The Balaban J connectivity index is 0.00000144. The van der Waals surface area contributed by atoms with Crippen molar-refractivity contribution in [2.24, 2.45) is 11.8 Å². The van der Waals surface area contributed by atoms with E-state index in [4.69, 9.17) is 0 Å².